The molecular formula is C12H16BrNO. The number of benzene rings is 1. The fourth-order valence-electron chi connectivity index (χ4n) is 1.78. The number of para-hydroxylation sites is 1. The molecule has 3 heteroatoms. The minimum atomic E-state index is 0.252. The number of phenolic OH excluding ortho intramolecular Hbond substituents is 1. The maximum absolute atomic E-state index is 9.67. The van der Waals surface area contributed by atoms with Crippen LogP contribution in [0.3, 0.4) is 0 Å². The van der Waals surface area contributed by atoms with Gasteiger partial charge in [-0.15, -0.1) is 0 Å². The van der Waals surface area contributed by atoms with Gasteiger partial charge in [0.2, 0.25) is 0 Å². The van der Waals surface area contributed by atoms with Crippen LogP contribution < -0.4 is 0 Å². The molecule has 0 bridgehead atoms. The van der Waals surface area contributed by atoms with Crippen LogP contribution in [-0.4, -0.2) is 27.4 Å². The van der Waals surface area contributed by atoms with E-state index in [2.05, 4.69) is 34.8 Å². The van der Waals surface area contributed by atoms with Crippen LogP contribution in [0.15, 0.2) is 24.3 Å². The van der Waals surface area contributed by atoms with E-state index < -0.39 is 0 Å². The summed E-state index contributed by atoms with van der Waals surface area (Å²) < 4.78 is 0. The molecule has 1 aromatic carbocycles. The van der Waals surface area contributed by atoms with Crippen LogP contribution in [0.5, 0.6) is 5.75 Å². The lowest BCUT2D eigenvalue weighted by molar-refractivity contribution is 0.229. The first-order valence-electron chi connectivity index (χ1n) is 5.16. The second-order valence-corrected chi connectivity index (χ2v) is 5.62. The SMILES string of the molecule is CN(Cc1ccccc1O)C1(C)CC1Br. The minimum Gasteiger partial charge on any atom is -0.508 e. The molecule has 82 valence electrons. The van der Waals surface area contributed by atoms with Crippen molar-refractivity contribution in [2.75, 3.05) is 7.05 Å². The van der Waals surface area contributed by atoms with Crippen molar-refractivity contribution in [2.45, 2.75) is 30.3 Å². The molecule has 1 aliphatic rings. The minimum absolute atomic E-state index is 0.252. The molecule has 0 spiro atoms. The van der Waals surface area contributed by atoms with Crippen LogP contribution in [-0.2, 0) is 6.54 Å². The zero-order valence-electron chi connectivity index (χ0n) is 9.07. The molecule has 1 fully saturated rings. The molecule has 1 aromatic rings. The Hall–Kier alpha value is -0.540. The normalized spacial score (nSPS) is 29.5. The Morgan fingerprint density at radius 2 is 2.13 bits per heavy atom. The van der Waals surface area contributed by atoms with Gasteiger partial charge >= 0.3 is 0 Å². The fraction of sp³-hybridized carbons (Fsp3) is 0.500. The van der Waals surface area contributed by atoms with Crippen LogP contribution in [0.4, 0.5) is 0 Å². The molecule has 0 amide bonds. The highest BCUT2D eigenvalue weighted by atomic mass is 79.9. The van der Waals surface area contributed by atoms with Gasteiger partial charge in [0.05, 0.1) is 0 Å². The molecule has 0 radical (unpaired) electrons. The van der Waals surface area contributed by atoms with Crippen molar-refractivity contribution in [3.63, 3.8) is 0 Å². The van der Waals surface area contributed by atoms with E-state index in [1.54, 1.807) is 6.07 Å². The summed E-state index contributed by atoms with van der Waals surface area (Å²) >= 11 is 3.63. The first-order valence-corrected chi connectivity index (χ1v) is 6.08. The van der Waals surface area contributed by atoms with Gasteiger partial charge < -0.3 is 5.11 Å². The number of nitrogens with zero attached hydrogens (tertiary/aromatic N) is 1. The molecule has 0 aliphatic heterocycles. The topological polar surface area (TPSA) is 23.5 Å². The van der Waals surface area contributed by atoms with Gasteiger partial charge in [-0.2, -0.15) is 0 Å². The highest BCUT2D eigenvalue weighted by Gasteiger charge is 2.51. The zero-order valence-corrected chi connectivity index (χ0v) is 10.7. The summed E-state index contributed by atoms with van der Waals surface area (Å²) in [5.41, 5.74) is 1.25. The summed E-state index contributed by atoms with van der Waals surface area (Å²) in [6.45, 7) is 3.04. The molecule has 0 saturated heterocycles. The first kappa shape index (κ1) is 11.0. The van der Waals surface area contributed by atoms with Crippen LogP contribution >= 0.6 is 15.9 Å². The average Bonchev–Trinajstić information content (AvgIpc) is 2.80. The van der Waals surface area contributed by atoms with E-state index in [0.29, 0.717) is 10.6 Å². The largest absolute Gasteiger partial charge is 0.508 e. The lowest BCUT2D eigenvalue weighted by Crippen LogP contribution is -2.32. The third-order valence-corrected chi connectivity index (χ3v) is 4.69. The molecule has 1 aliphatic carbocycles. The van der Waals surface area contributed by atoms with Crippen molar-refractivity contribution >= 4 is 15.9 Å². The number of aromatic hydroxyl groups is 1. The van der Waals surface area contributed by atoms with E-state index in [1.807, 2.05) is 18.2 Å². The van der Waals surface area contributed by atoms with E-state index in [0.717, 1.165) is 12.1 Å². The van der Waals surface area contributed by atoms with Crippen LogP contribution in [0, 0.1) is 0 Å². The summed E-state index contributed by atoms with van der Waals surface area (Å²) in [6, 6.07) is 7.53. The lowest BCUT2D eigenvalue weighted by atomic mass is 10.1. The highest BCUT2D eigenvalue weighted by molar-refractivity contribution is 9.09. The van der Waals surface area contributed by atoms with Crippen LogP contribution in [0.2, 0.25) is 0 Å². The molecule has 2 nitrogen and oxygen atoms in total. The van der Waals surface area contributed by atoms with E-state index in [1.165, 1.54) is 6.42 Å². The predicted molar refractivity (Wildman–Crippen MR) is 65.3 cm³/mol. The molecule has 1 N–H and O–H groups in total. The molecule has 0 heterocycles. The van der Waals surface area contributed by atoms with Gasteiger partial charge in [-0.1, -0.05) is 34.1 Å². The summed E-state index contributed by atoms with van der Waals surface area (Å²) in [7, 11) is 2.10. The molecule has 2 atom stereocenters. The van der Waals surface area contributed by atoms with Crippen LogP contribution in [0.1, 0.15) is 18.9 Å². The van der Waals surface area contributed by atoms with Crippen molar-refractivity contribution in [3.05, 3.63) is 29.8 Å². The number of alkyl halides is 1. The first-order chi connectivity index (χ1) is 7.04. The summed E-state index contributed by atoms with van der Waals surface area (Å²) in [4.78, 5) is 2.88. The van der Waals surface area contributed by atoms with Gasteiger partial charge in [-0.25, -0.2) is 0 Å². The second kappa shape index (κ2) is 3.80. The number of hydrogen-bond acceptors (Lipinski definition) is 2. The third kappa shape index (κ3) is 2.04. The van der Waals surface area contributed by atoms with E-state index in [9.17, 15) is 5.11 Å². The number of phenols is 1. The van der Waals surface area contributed by atoms with Gasteiger partial charge in [0.25, 0.3) is 0 Å². The molecule has 2 rings (SSSR count). The zero-order chi connectivity index (χ0) is 11.1. The van der Waals surface area contributed by atoms with Gasteiger partial charge in [0.15, 0.2) is 0 Å². The molecule has 0 aromatic heterocycles. The van der Waals surface area contributed by atoms with Crippen molar-refractivity contribution in [1.29, 1.82) is 0 Å². The quantitative estimate of drug-likeness (QED) is 0.854. The Morgan fingerprint density at radius 3 is 2.67 bits per heavy atom. The molecule has 15 heavy (non-hydrogen) atoms. The highest BCUT2D eigenvalue weighted by Crippen LogP contribution is 2.47. The molecule has 2 unspecified atom stereocenters. The van der Waals surface area contributed by atoms with E-state index in [4.69, 9.17) is 0 Å². The fourth-order valence-corrected chi connectivity index (χ4v) is 2.78. The number of halogens is 1. The summed E-state index contributed by atoms with van der Waals surface area (Å²) in [6.07, 6.45) is 1.18. The van der Waals surface area contributed by atoms with E-state index >= 15 is 0 Å². The molecular weight excluding hydrogens is 254 g/mol. The van der Waals surface area contributed by atoms with Gasteiger partial charge in [-0.3, -0.25) is 4.90 Å². The Labute approximate surface area is 99.0 Å². The monoisotopic (exact) mass is 269 g/mol. The van der Waals surface area contributed by atoms with Gasteiger partial charge in [0, 0.05) is 22.5 Å². The van der Waals surface area contributed by atoms with Crippen molar-refractivity contribution in [1.82, 2.24) is 4.90 Å². The Balaban J connectivity index is 2.07. The smallest absolute Gasteiger partial charge is 0.120 e. The Bertz CT molecular complexity index is 368. The third-order valence-electron chi connectivity index (χ3n) is 3.38. The van der Waals surface area contributed by atoms with Crippen molar-refractivity contribution < 1.29 is 5.11 Å². The van der Waals surface area contributed by atoms with E-state index in [-0.39, 0.29) is 5.54 Å². The number of hydrogen-bond donors (Lipinski definition) is 1. The maximum atomic E-state index is 9.67. The predicted octanol–water partition coefficient (Wildman–Crippen LogP) is 2.75. The lowest BCUT2D eigenvalue weighted by Gasteiger charge is -2.25. The Kier molecular flexibility index (Phi) is 2.77. The Morgan fingerprint density at radius 1 is 1.53 bits per heavy atom. The van der Waals surface area contributed by atoms with Crippen molar-refractivity contribution in [2.24, 2.45) is 0 Å². The van der Waals surface area contributed by atoms with Gasteiger partial charge in [-0.05, 0) is 26.5 Å². The maximum Gasteiger partial charge on any atom is 0.120 e. The second-order valence-electron chi connectivity index (χ2n) is 4.51. The van der Waals surface area contributed by atoms with Crippen LogP contribution in [0.25, 0.3) is 0 Å². The summed E-state index contributed by atoms with van der Waals surface area (Å²) in [5, 5.41) is 9.67. The summed E-state index contributed by atoms with van der Waals surface area (Å²) in [5.74, 6) is 0.389. The number of rotatable bonds is 3. The van der Waals surface area contributed by atoms with Gasteiger partial charge in [0.1, 0.15) is 5.75 Å². The van der Waals surface area contributed by atoms with Crippen molar-refractivity contribution in [3.8, 4) is 5.75 Å². The average molecular weight is 270 g/mol. The molecule has 1 saturated carbocycles. The standard InChI is InChI=1S/C12H16BrNO/c1-12(7-11(12)13)14(2)8-9-5-3-4-6-10(9)15/h3-6,11,15H,7-8H2,1-2H3.